The first kappa shape index (κ1) is 12.4. The summed E-state index contributed by atoms with van der Waals surface area (Å²) in [6.07, 6.45) is -0.819. The van der Waals surface area contributed by atoms with Gasteiger partial charge < -0.3 is 5.11 Å². The third-order valence-electron chi connectivity index (χ3n) is 1.72. The number of nitriles is 1. The monoisotopic (exact) mass is 206 g/mol. The molecule has 0 aliphatic carbocycles. The maximum Gasteiger partial charge on any atom is 0.225 e. The van der Waals surface area contributed by atoms with E-state index in [2.05, 4.69) is 4.72 Å². The van der Waals surface area contributed by atoms with Gasteiger partial charge >= 0.3 is 0 Å². The summed E-state index contributed by atoms with van der Waals surface area (Å²) in [5.41, 5.74) is -0.949. The lowest BCUT2D eigenvalue weighted by Crippen LogP contribution is -2.51. The van der Waals surface area contributed by atoms with Crippen LogP contribution in [0.4, 0.5) is 0 Å². The molecule has 0 aliphatic heterocycles. The van der Waals surface area contributed by atoms with Crippen LogP contribution in [0.5, 0.6) is 0 Å². The predicted molar refractivity (Wildman–Crippen MR) is 48.3 cm³/mol. The van der Waals surface area contributed by atoms with Gasteiger partial charge in [-0.15, -0.1) is 0 Å². The normalized spacial score (nSPS) is 15.0. The molecular weight excluding hydrogens is 192 g/mol. The van der Waals surface area contributed by atoms with Crippen molar-refractivity contribution in [1.82, 2.24) is 4.72 Å². The quantitative estimate of drug-likeness (QED) is 0.654. The van der Waals surface area contributed by atoms with Gasteiger partial charge in [-0.1, -0.05) is 0 Å². The standard InChI is InChI=1S/C7H14N2O3S/c1-6(10)7(2,3)9-13(11,12)5-4-8/h6,9-10H,5H2,1-3H3. The average molecular weight is 206 g/mol. The van der Waals surface area contributed by atoms with E-state index in [0.717, 1.165) is 0 Å². The summed E-state index contributed by atoms with van der Waals surface area (Å²) < 4.78 is 24.4. The maximum absolute atomic E-state index is 11.1. The molecule has 76 valence electrons. The zero-order chi connectivity index (χ0) is 10.7. The average Bonchev–Trinajstić information content (AvgIpc) is 1.83. The van der Waals surface area contributed by atoms with Crippen LogP contribution in [0.25, 0.3) is 0 Å². The maximum atomic E-state index is 11.1. The fraction of sp³-hybridized carbons (Fsp3) is 0.857. The summed E-state index contributed by atoms with van der Waals surface area (Å²) in [5, 5.41) is 17.4. The second-order valence-corrected chi connectivity index (χ2v) is 5.14. The first-order chi connectivity index (χ1) is 5.71. The largest absolute Gasteiger partial charge is 0.391 e. The summed E-state index contributed by atoms with van der Waals surface area (Å²) in [4.78, 5) is 0. The summed E-state index contributed by atoms with van der Waals surface area (Å²) in [7, 11) is -3.61. The van der Waals surface area contributed by atoms with Gasteiger partial charge in [0.2, 0.25) is 10.0 Å². The second-order valence-electron chi connectivity index (χ2n) is 3.42. The van der Waals surface area contributed by atoms with Crippen molar-refractivity contribution in [3.8, 4) is 6.07 Å². The van der Waals surface area contributed by atoms with Crippen LogP contribution < -0.4 is 4.72 Å². The van der Waals surface area contributed by atoms with Gasteiger partial charge in [-0.05, 0) is 20.8 Å². The van der Waals surface area contributed by atoms with E-state index >= 15 is 0 Å². The van der Waals surface area contributed by atoms with E-state index in [1.165, 1.54) is 13.0 Å². The summed E-state index contributed by atoms with van der Waals surface area (Å²) in [6.45, 7) is 4.58. The van der Waals surface area contributed by atoms with Crippen LogP contribution in [-0.2, 0) is 10.0 Å². The van der Waals surface area contributed by atoms with Gasteiger partial charge in [-0.2, -0.15) is 5.26 Å². The summed E-state index contributed by atoms with van der Waals surface area (Å²) in [6, 6.07) is 1.54. The van der Waals surface area contributed by atoms with E-state index in [9.17, 15) is 13.5 Å². The van der Waals surface area contributed by atoms with E-state index in [1.807, 2.05) is 0 Å². The van der Waals surface area contributed by atoms with Crippen molar-refractivity contribution in [1.29, 1.82) is 5.26 Å². The Kier molecular flexibility index (Phi) is 3.85. The van der Waals surface area contributed by atoms with E-state index in [0.29, 0.717) is 0 Å². The minimum Gasteiger partial charge on any atom is -0.391 e. The molecule has 1 atom stereocenters. The van der Waals surface area contributed by atoms with Crippen LogP contribution in [0, 0.1) is 11.3 Å². The molecule has 0 aliphatic rings. The Bertz CT molecular complexity index is 300. The minimum absolute atomic E-state index is 0.594. The van der Waals surface area contributed by atoms with Crippen molar-refractivity contribution in [3.05, 3.63) is 0 Å². The third-order valence-corrected chi connectivity index (χ3v) is 3.06. The van der Waals surface area contributed by atoms with E-state index in [4.69, 9.17) is 5.26 Å². The van der Waals surface area contributed by atoms with E-state index in [-0.39, 0.29) is 0 Å². The van der Waals surface area contributed by atoms with Crippen molar-refractivity contribution in [3.63, 3.8) is 0 Å². The number of hydrogen-bond donors (Lipinski definition) is 2. The smallest absolute Gasteiger partial charge is 0.225 e. The van der Waals surface area contributed by atoms with Crippen LogP contribution in [0.3, 0.4) is 0 Å². The molecule has 2 N–H and O–H groups in total. The first-order valence-corrected chi connectivity index (χ1v) is 5.43. The summed E-state index contributed by atoms with van der Waals surface area (Å²) in [5.74, 6) is -0.594. The highest BCUT2D eigenvalue weighted by Gasteiger charge is 2.29. The first-order valence-electron chi connectivity index (χ1n) is 3.78. The molecular formula is C7H14N2O3S. The van der Waals surface area contributed by atoms with Gasteiger partial charge in [-0.25, -0.2) is 13.1 Å². The van der Waals surface area contributed by atoms with Crippen LogP contribution >= 0.6 is 0 Å². The molecule has 0 aromatic rings. The Morgan fingerprint density at radius 1 is 1.62 bits per heavy atom. The lowest BCUT2D eigenvalue weighted by atomic mass is 10.0. The molecule has 0 fully saturated rings. The van der Waals surface area contributed by atoms with Crippen molar-refractivity contribution in [2.45, 2.75) is 32.4 Å². The molecule has 0 rings (SSSR count). The number of rotatable bonds is 4. The van der Waals surface area contributed by atoms with Crippen molar-refractivity contribution in [2.24, 2.45) is 0 Å². The Morgan fingerprint density at radius 2 is 2.08 bits per heavy atom. The predicted octanol–water partition coefficient (Wildman–Crippen LogP) is -0.411. The molecule has 0 aromatic carbocycles. The van der Waals surface area contributed by atoms with Gasteiger partial charge in [-0.3, -0.25) is 0 Å². The van der Waals surface area contributed by atoms with Gasteiger partial charge in [0.25, 0.3) is 0 Å². The van der Waals surface area contributed by atoms with Gasteiger partial charge in [0.05, 0.1) is 17.7 Å². The third kappa shape index (κ3) is 4.22. The topological polar surface area (TPSA) is 90.2 Å². The Hall–Kier alpha value is -0.640. The molecule has 13 heavy (non-hydrogen) atoms. The zero-order valence-corrected chi connectivity index (χ0v) is 8.72. The fourth-order valence-electron chi connectivity index (χ4n) is 0.607. The lowest BCUT2D eigenvalue weighted by Gasteiger charge is -2.28. The molecule has 0 spiro atoms. The summed E-state index contributed by atoms with van der Waals surface area (Å²) >= 11 is 0. The molecule has 5 nitrogen and oxygen atoms in total. The fourth-order valence-corrected chi connectivity index (χ4v) is 1.82. The van der Waals surface area contributed by atoms with Crippen LogP contribution in [0.15, 0.2) is 0 Å². The number of aliphatic hydroxyl groups excluding tert-OH is 1. The Labute approximate surface area is 78.4 Å². The van der Waals surface area contributed by atoms with Crippen molar-refractivity contribution < 1.29 is 13.5 Å². The van der Waals surface area contributed by atoms with E-state index in [1.54, 1.807) is 13.8 Å². The number of hydrogen-bond acceptors (Lipinski definition) is 4. The Balaban J connectivity index is 4.55. The van der Waals surface area contributed by atoms with Crippen LogP contribution in [0.2, 0.25) is 0 Å². The number of aliphatic hydroxyl groups is 1. The highest BCUT2D eigenvalue weighted by Crippen LogP contribution is 2.09. The molecule has 0 saturated heterocycles. The van der Waals surface area contributed by atoms with Gasteiger partial charge in [0, 0.05) is 0 Å². The van der Waals surface area contributed by atoms with Gasteiger partial charge in [0.15, 0.2) is 5.75 Å². The van der Waals surface area contributed by atoms with Crippen molar-refractivity contribution in [2.75, 3.05) is 5.75 Å². The molecule has 0 aromatic heterocycles. The van der Waals surface area contributed by atoms with E-state index < -0.39 is 27.4 Å². The Morgan fingerprint density at radius 3 is 2.38 bits per heavy atom. The number of nitrogens with zero attached hydrogens (tertiary/aromatic N) is 1. The highest BCUT2D eigenvalue weighted by atomic mass is 32.2. The SMILES string of the molecule is CC(O)C(C)(C)NS(=O)(=O)CC#N. The minimum atomic E-state index is -3.61. The molecule has 0 saturated carbocycles. The second kappa shape index (κ2) is 4.05. The number of nitrogens with one attached hydrogen (secondary N) is 1. The zero-order valence-electron chi connectivity index (χ0n) is 7.90. The van der Waals surface area contributed by atoms with Crippen LogP contribution in [-0.4, -0.2) is 30.9 Å². The molecule has 0 bridgehead atoms. The molecule has 0 radical (unpaired) electrons. The molecule has 0 heterocycles. The van der Waals surface area contributed by atoms with Crippen LogP contribution in [0.1, 0.15) is 20.8 Å². The molecule has 0 amide bonds. The van der Waals surface area contributed by atoms with Crippen molar-refractivity contribution >= 4 is 10.0 Å². The van der Waals surface area contributed by atoms with Gasteiger partial charge in [0.1, 0.15) is 0 Å². The molecule has 1 unspecified atom stereocenters. The highest BCUT2D eigenvalue weighted by molar-refractivity contribution is 7.89. The molecule has 6 heteroatoms. The lowest BCUT2D eigenvalue weighted by molar-refractivity contribution is 0.112. The number of sulfonamides is 1.